The number of carbonyl (C=O) groups is 1. The molecule has 0 unspecified atom stereocenters. The Bertz CT molecular complexity index is 377. The standard InChI is InChI=1S/C10H15N3O2/c1-6-4-8(12-10(14)13-11)9(15-3)5-7(6)2/h4-5H,11H2,1-3H3,(H2,12,13,14). The van der Waals surface area contributed by atoms with Gasteiger partial charge in [0, 0.05) is 0 Å². The molecule has 1 aromatic rings. The molecule has 0 spiro atoms. The largest absolute Gasteiger partial charge is 0.495 e. The molecule has 5 nitrogen and oxygen atoms in total. The van der Waals surface area contributed by atoms with Crippen LogP contribution in [0.25, 0.3) is 0 Å². The third-order valence-electron chi connectivity index (χ3n) is 2.20. The molecular weight excluding hydrogens is 194 g/mol. The molecule has 0 heterocycles. The highest BCUT2D eigenvalue weighted by Crippen LogP contribution is 2.27. The predicted octanol–water partition coefficient (Wildman–Crippen LogP) is 1.31. The molecule has 1 rings (SSSR count). The molecule has 0 saturated carbocycles. The van der Waals surface area contributed by atoms with Crippen molar-refractivity contribution < 1.29 is 9.53 Å². The van der Waals surface area contributed by atoms with Gasteiger partial charge in [0.1, 0.15) is 5.75 Å². The molecule has 15 heavy (non-hydrogen) atoms. The van der Waals surface area contributed by atoms with Crippen LogP contribution in [0.2, 0.25) is 0 Å². The lowest BCUT2D eigenvalue weighted by atomic mass is 10.1. The van der Waals surface area contributed by atoms with Crippen LogP contribution in [0.15, 0.2) is 12.1 Å². The number of carbonyl (C=O) groups excluding carboxylic acids is 1. The highest BCUT2D eigenvalue weighted by atomic mass is 16.5. The number of hydrazine groups is 1. The van der Waals surface area contributed by atoms with Gasteiger partial charge in [0.05, 0.1) is 12.8 Å². The Morgan fingerprint density at radius 2 is 1.93 bits per heavy atom. The second kappa shape index (κ2) is 4.65. The second-order valence-corrected chi connectivity index (χ2v) is 3.24. The Balaban J connectivity index is 3.05. The van der Waals surface area contributed by atoms with Crippen molar-refractivity contribution in [3.8, 4) is 5.75 Å². The van der Waals surface area contributed by atoms with Crippen LogP contribution in [0, 0.1) is 13.8 Å². The highest BCUT2D eigenvalue weighted by Gasteiger charge is 2.08. The van der Waals surface area contributed by atoms with Gasteiger partial charge in [-0.25, -0.2) is 10.6 Å². The van der Waals surface area contributed by atoms with Crippen molar-refractivity contribution in [1.29, 1.82) is 0 Å². The number of benzene rings is 1. The molecule has 0 aliphatic heterocycles. The highest BCUT2D eigenvalue weighted by molar-refractivity contribution is 5.90. The van der Waals surface area contributed by atoms with Gasteiger partial charge in [-0.1, -0.05) is 0 Å². The molecule has 0 saturated heterocycles. The number of methoxy groups -OCH3 is 1. The summed E-state index contributed by atoms with van der Waals surface area (Å²) in [5, 5.41) is 2.58. The van der Waals surface area contributed by atoms with Crippen LogP contribution in [0.3, 0.4) is 0 Å². The van der Waals surface area contributed by atoms with Gasteiger partial charge >= 0.3 is 6.03 Å². The van der Waals surface area contributed by atoms with E-state index in [-0.39, 0.29) is 0 Å². The van der Waals surface area contributed by atoms with Crippen LogP contribution < -0.4 is 21.3 Å². The lowest BCUT2D eigenvalue weighted by Gasteiger charge is -2.12. The van der Waals surface area contributed by atoms with E-state index in [1.165, 1.54) is 0 Å². The van der Waals surface area contributed by atoms with Gasteiger partial charge < -0.3 is 10.1 Å². The van der Waals surface area contributed by atoms with Gasteiger partial charge in [0.2, 0.25) is 0 Å². The van der Waals surface area contributed by atoms with Crippen molar-refractivity contribution in [3.63, 3.8) is 0 Å². The van der Waals surface area contributed by atoms with Crippen molar-refractivity contribution in [1.82, 2.24) is 5.43 Å². The Morgan fingerprint density at radius 3 is 2.47 bits per heavy atom. The summed E-state index contributed by atoms with van der Waals surface area (Å²) >= 11 is 0. The van der Waals surface area contributed by atoms with E-state index in [9.17, 15) is 4.79 Å². The maximum absolute atomic E-state index is 11.0. The minimum atomic E-state index is -0.475. The normalized spacial score (nSPS) is 9.60. The first kappa shape index (κ1) is 11.3. The SMILES string of the molecule is COc1cc(C)c(C)cc1NC(=O)NN. The number of nitrogens with one attached hydrogen (secondary N) is 2. The maximum atomic E-state index is 11.0. The van der Waals surface area contributed by atoms with E-state index in [2.05, 4.69) is 5.32 Å². The Morgan fingerprint density at radius 1 is 1.33 bits per heavy atom. The van der Waals surface area contributed by atoms with Crippen LogP contribution in [-0.2, 0) is 0 Å². The number of anilines is 1. The first-order chi connectivity index (χ1) is 7.08. The zero-order valence-corrected chi connectivity index (χ0v) is 9.05. The van der Waals surface area contributed by atoms with E-state index in [4.69, 9.17) is 10.6 Å². The topological polar surface area (TPSA) is 76.4 Å². The molecule has 5 heteroatoms. The number of ether oxygens (including phenoxy) is 1. The van der Waals surface area contributed by atoms with Gasteiger partial charge in [-0.3, -0.25) is 5.43 Å². The number of hydrogen-bond acceptors (Lipinski definition) is 3. The van der Waals surface area contributed by atoms with Gasteiger partial charge in [-0.2, -0.15) is 0 Å². The van der Waals surface area contributed by atoms with Crippen molar-refractivity contribution >= 4 is 11.7 Å². The quantitative estimate of drug-likeness (QED) is 0.390. The summed E-state index contributed by atoms with van der Waals surface area (Å²) < 4.78 is 5.14. The molecule has 0 aliphatic carbocycles. The predicted molar refractivity (Wildman–Crippen MR) is 58.8 cm³/mol. The van der Waals surface area contributed by atoms with Crippen molar-refractivity contribution in [2.45, 2.75) is 13.8 Å². The minimum Gasteiger partial charge on any atom is -0.495 e. The fourth-order valence-corrected chi connectivity index (χ4v) is 1.21. The Hall–Kier alpha value is -1.75. The van der Waals surface area contributed by atoms with Crippen LogP contribution in [0.4, 0.5) is 10.5 Å². The third kappa shape index (κ3) is 2.60. The van der Waals surface area contributed by atoms with Crippen molar-refractivity contribution in [2.75, 3.05) is 12.4 Å². The zero-order chi connectivity index (χ0) is 11.4. The lowest BCUT2D eigenvalue weighted by Crippen LogP contribution is -2.34. The number of rotatable bonds is 2. The van der Waals surface area contributed by atoms with E-state index < -0.39 is 6.03 Å². The van der Waals surface area contributed by atoms with Crippen LogP contribution in [0.5, 0.6) is 5.75 Å². The van der Waals surface area contributed by atoms with E-state index in [0.29, 0.717) is 11.4 Å². The molecule has 82 valence electrons. The molecule has 0 aliphatic rings. The fourth-order valence-electron chi connectivity index (χ4n) is 1.21. The van der Waals surface area contributed by atoms with Gasteiger partial charge in [-0.15, -0.1) is 0 Å². The lowest BCUT2D eigenvalue weighted by molar-refractivity contribution is 0.252. The number of aryl methyl sites for hydroxylation is 2. The molecule has 4 N–H and O–H groups in total. The average molecular weight is 209 g/mol. The number of hydrogen-bond donors (Lipinski definition) is 3. The first-order valence-corrected chi connectivity index (χ1v) is 4.51. The van der Waals surface area contributed by atoms with Crippen LogP contribution >= 0.6 is 0 Å². The van der Waals surface area contributed by atoms with E-state index in [1.54, 1.807) is 7.11 Å². The maximum Gasteiger partial charge on any atom is 0.333 e. The van der Waals surface area contributed by atoms with Gasteiger partial charge in [0.15, 0.2) is 0 Å². The van der Waals surface area contributed by atoms with Crippen LogP contribution in [0.1, 0.15) is 11.1 Å². The van der Waals surface area contributed by atoms with E-state index >= 15 is 0 Å². The molecule has 0 fully saturated rings. The Labute approximate surface area is 88.6 Å². The van der Waals surface area contributed by atoms with Gasteiger partial charge in [0.25, 0.3) is 0 Å². The third-order valence-corrected chi connectivity index (χ3v) is 2.20. The molecule has 2 amide bonds. The molecule has 0 aromatic heterocycles. The summed E-state index contributed by atoms with van der Waals surface area (Å²) in [5.74, 6) is 5.59. The van der Waals surface area contributed by atoms with E-state index in [1.807, 2.05) is 31.4 Å². The first-order valence-electron chi connectivity index (χ1n) is 4.51. The molecule has 0 bridgehead atoms. The number of urea groups is 1. The fraction of sp³-hybridized carbons (Fsp3) is 0.300. The summed E-state index contributed by atoms with van der Waals surface area (Å²) in [5.41, 5.74) is 4.77. The molecule has 0 atom stereocenters. The minimum absolute atomic E-state index is 0.475. The monoisotopic (exact) mass is 209 g/mol. The van der Waals surface area contributed by atoms with E-state index in [0.717, 1.165) is 11.1 Å². The second-order valence-electron chi connectivity index (χ2n) is 3.24. The molecular formula is C10H15N3O2. The number of amides is 2. The summed E-state index contributed by atoms with van der Waals surface area (Å²) in [6.07, 6.45) is 0. The van der Waals surface area contributed by atoms with Crippen LogP contribution in [-0.4, -0.2) is 13.1 Å². The summed E-state index contributed by atoms with van der Waals surface area (Å²) in [7, 11) is 1.55. The summed E-state index contributed by atoms with van der Waals surface area (Å²) in [6, 6.07) is 3.22. The molecule has 1 aromatic carbocycles. The molecule has 0 radical (unpaired) electrons. The van der Waals surface area contributed by atoms with Gasteiger partial charge in [-0.05, 0) is 37.1 Å². The Kier molecular flexibility index (Phi) is 3.51. The number of nitrogens with two attached hydrogens (primary N) is 1. The average Bonchev–Trinajstić information content (AvgIpc) is 2.22. The van der Waals surface area contributed by atoms with Crippen molar-refractivity contribution in [3.05, 3.63) is 23.3 Å². The summed E-state index contributed by atoms with van der Waals surface area (Å²) in [4.78, 5) is 11.0. The van der Waals surface area contributed by atoms with Crippen molar-refractivity contribution in [2.24, 2.45) is 5.84 Å². The zero-order valence-electron chi connectivity index (χ0n) is 9.05. The summed E-state index contributed by atoms with van der Waals surface area (Å²) in [6.45, 7) is 3.94. The smallest absolute Gasteiger partial charge is 0.333 e.